The zero-order chi connectivity index (χ0) is 22.2. The van der Waals surface area contributed by atoms with Gasteiger partial charge in [0.1, 0.15) is 11.2 Å². The number of guanidine groups is 1. The number of aliphatic imine (C=N–C) groups is 1. The molecule has 0 aliphatic carbocycles. The van der Waals surface area contributed by atoms with Crippen LogP contribution in [0.3, 0.4) is 0 Å². The molecule has 2 amide bonds. The lowest BCUT2D eigenvalue weighted by Gasteiger charge is -2.23. The molecule has 8 heteroatoms. The maximum absolute atomic E-state index is 11.9. The standard InChI is InChI=1S/C21H34N4O4/c1-8-25(17(22)24-19(27)29-21(5,6)7)16-11-9-15(10-12-16)13-14-23-18(26)28-20(2,3)4/h9-12H,8,13-14H2,1-7H3,(H,23,26)(H2,22,24,27). The normalized spacial score (nSPS) is 12.3. The van der Waals surface area contributed by atoms with Crippen LogP contribution >= 0.6 is 0 Å². The van der Waals surface area contributed by atoms with E-state index in [0.717, 1.165) is 11.3 Å². The third kappa shape index (κ3) is 9.82. The van der Waals surface area contributed by atoms with Crippen molar-refractivity contribution in [3.63, 3.8) is 0 Å². The molecule has 0 fully saturated rings. The Balaban J connectivity index is 2.68. The van der Waals surface area contributed by atoms with Crippen molar-refractivity contribution in [1.82, 2.24) is 5.32 Å². The van der Waals surface area contributed by atoms with Gasteiger partial charge in [-0.15, -0.1) is 4.99 Å². The van der Waals surface area contributed by atoms with Gasteiger partial charge in [0.2, 0.25) is 5.96 Å². The number of ether oxygens (including phenoxy) is 2. The monoisotopic (exact) mass is 406 g/mol. The molecule has 0 atom stereocenters. The summed E-state index contributed by atoms with van der Waals surface area (Å²) in [6, 6.07) is 7.67. The maximum Gasteiger partial charge on any atom is 0.437 e. The molecule has 0 aliphatic rings. The van der Waals surface area contributed by atoms with Crippen LogP contribution in [-0.2, 0) is 15.9 Å². The van der Waals surface area contributed by atoms with Crippen LogP contribution in [-0.4, -0.2) is 42.4 Å². The minimum absolute atomic E-state index is 0.0705. The van der Waals surface area contributed by atoms with E-state index in [2.05, 4.69) is 10.3 Å². The van der Waals surface area contributed by atoms with Crippen molar-refractivity contribution in [2.24, 2.45) is 10.7 Å². The van der Waals surface area contributed by atoms with Gasteiger partial charge in [-0.2, -0.15) is 0 Å². The van der Waals surface area contributed by atoms with Crippen LogP contribution in [0.2, 0.25) is 0 Å². The van der Waals surface area contributed by atoms with Crippen LogP contribution < -0.4 is 16.0 Å². The van der Waals surface area contributed by atoms with E-state index < -0.39 is 23.4 Å². The van der Waals surface area contributed by atoms with E-state index in [9.17, 15) is 9.59 Å². The number of benzene rings is 1. The molecule has 0 aliphatic heterocycles. The zero-order valence-corrected chi connectivity index (χ0v) is 18.5. The van der Waals surface area contributed by atoms with E-state index in [0.29, 0.717) is 19.5 Å². The van der Waals surface area contributed by atoms with Crippen molar-refractivity contribution in [2.45, 2.75) is 66.1 Å². The molecule has 0 spiro atoms. The van der Waals surface area contributed by atoms with Crippen LogP contribution in [0, 0.1) is 0 Å². The van der Waals surface area contributed by atoms with Crippen LogP contribution in [0.15, 0.2) is 29.3 Å². The number of amides is 2. The Kier molecular flexibility index (Phi) is 8.48. The molecule has 0 aromatic heterocycles. The number of hydrogen-bond acceptors (Lipinski definition) is 4. The zero-order valence-electron chi connectivity index (χ0n) is 18.5. The number of rotatable bonds is 5. The summed E-state index contributed by atoms with van der Waals surface area (Å²) in [5.41, 5.74) is 6.70. The van der Waals surface area contributed by atoms with Crippen molar-refractivity contribution in [2.75, 3.05) is 18.0 Å². The van der Waals surface area contributed by atoms with Gasteiger partial charge < -0.3 is 25.4 Å². The van der Waals surface area contributed by atoms with Crippen molar-refractivity contribution in [3.8, 4) is 0 Å². The Morgan fingerprint density at radius 3 is 2.07 bits per heavy atom. The lowest BCUT2D eigenvalue weighted by molar-refractivity contribution is 0.0526. The molecule has 0 saturated heterocycles. The van der Waals surface area contributed by atoms with Crippen molar-refractivity contribution in [1.29, 1.82) is 0 Å². The quantitative estimate of drug-likeness (QED) is 0.568. The van der Waals surface area contributed by atoms with Gasteiger partial charge in [-0.05, 0) is 72.6 Å². The van der Waals surface area contributed by atoms with Crippen LogP contribution in [0.25, 0.3) is 0 Å². The van der Waals surface area contributed by atoms with Gasteiger partial charge in [0.05, 0.1) is 0 Å². The van der Waals surface area contributed by atoms with Crippen LogP contribution in [0.5, 0.6) is 0 Å². The first kappa shape index (κ1) is 24.3. The van der Waals surface area contributed by atoms with E-state index in [-0.39, 0.29) is 5.96 Å². The Morgan fingerprint density at radius 2 is 1.59 bits per heavy atom. The lowest BCUT2D eigenvalue weighted by Crippen LogP contribution is -2.38. The first-order valence-corrected chi connectivity index (χ1v) is 9.71. The fourth-order valence-electron chi connectivity index (χ4n) is 2.38. The minimum Gasteiger partial charge on any atom is -0.444 e. The summed E-state index contributed by atoms with van der Waals surface area (Å²) < 4.78 is 10.4. The van der Waals surface area contributed by atoms with Crippen molar-refractivity contribution in [3.05, 3.63) is 29.8 Å². The van der Waals surface area contributed by atoms with Gasteiger partial charge in [0.25, 0.3) is 0 Å². The molecule has 0 saturated carbocycles. The number of alkyl carbamates (subject to hydrolysis) is 1. The van der Waals surface area contributed by atoms with Gasteiger partial charge in [-0.3, -0.25) is 0 Å². The highest BCUT2D eigenvalue weighted by molar-refractivity contribution is 6.00. The molecule has 29 heavy (non-hydrogen) atoms. The Labute approximate surface area is 173 Å². The highest BCUT2D eigenvalue weighted by Gasteiger charge is 2.18. The van der Waals surface area contributed by atoms with Crippen LogP contribution in [0.4, 0.5) is 15.3 Å². The number of nitrogens with two attached hydrogens (primary N) is 1. The first-order valence-electron chi connectivity index (χ1n) is 9.71. The van der Waals surface area contributed by atoms with Gasteiger partial charge in [0, 0.05) is 18.8 Å². The van der Waals surface area contributed by atoms with Gasteiger partial charge in [-0.25, -0.2) is 9.59 Å². The molecule has 0 unspecified atom stereocenters. The van der Waals surface area contributed by atoms with Crippen molar-refractivity contribution >= 4 is 23.8 Å². The number of carbonyl (C=O) groups is 2. The molecular formula is C21H34N4O4. The Morgan fingerprint density at radius 1 is 1.03 bits per heavy atom. The van der Waals surface area contributed by atoms with E-state index in [1.807, 2.05) is 52.0 Å². The highest BCUT2D eigenvalue weighted by Crippen LogP contribution is 2.16. The smallest absolute Gasteiger partial charge is 0.437 e. The second kappa shape index (κ2) is 10.1. The molecule has 3 N–H and O–H groups in total. The fourth-order valence-corrected chi connectivity index (χ4v) is 2.38. The average molecular weight is 407 g/mol. The minimum atomic E-state index is -0.724. The third-order valence-corrected chi connectivity index (χ3v) is 3.52. The highest BCUT2D eigenvalue weighted by atomic mass is 16.6. The predicted octanol–water partition coefficient (Wildman–Crippen LogP) is 3.83. The summed E-state index contributed by atoms with van der Waals surface area (Å²) in [5.74, 6) is 0.0705. The molecule has 0 heterocycles. The van der Waals surface area contributed by atoms with Gasteiger partial charge >= 0.3 is 12.2 Å². The maximum atomic E-state index is 11.9. The van der Waals surface area contributed by atoms with E-state index in [1.165, 1.54) is 0 Å². The number of hydrogen-bond donors (Lipinski definition) is 2. The summed E-state index contributed by atoms with van der Waals surface area (Å²) in [6.07, 6.45) is -0.497. The summed E-state index contributed by atoms with van der Waals surface area (Å²) in [7, 11) is 0. The Hall–Kier alpha value is -2.77. The predicted molar refractivity (Wildman–Crippen MR) is 115 cm³/mol. The second-order valence-corrected chi connectivity index (χ2v) is 8.54. The first-order chi connectivity index (χ1) is 13.3. The number of nitrogens with one attached hydrogen (secondary N) is 1. The largest absolute Gasteiger partial charge is 0.444 e. The van der Waals surface area contributed by atoms with Crippen molar-refractivity contribution < 1.29 is 19.1 Å². The number of carbonyl (C=O) groups excluding carboxylic acids is 2. The molecule has 1 rings (SSSR count). The third-order valence-electron chi connectivity index (χ3n) is 3.52. The molecule has 0 radical (unpaired) electrons. The van der Waals surface area contributed by atoms with E-state index in [4.69, 9.17) is 15.2 Å². The summed E-state index contributed by atoms with van der Waals surface area (Å²) >= 11 is 0. The number of anilines is 1. The topological polar surface area (TPSA) is 106 Å². The van der Waals surface area contributed by atoms with Gasteiger partial charge in [0.15, 0.2) is 0 Å². The summed E-state index contributed by atoms with van der Waals surface area (Å²) in [4.78, 5) is 29.1. The molecule has 162 valence electrons. The summed E-state index contributed by atoms with van der Waals surface area (Å²) in [6.45, 7) is 13.7. The van der Waals surface area contributed by atoms with Crippen LogP contribution in [0.1, 0.15) is 54.0 Å². The van der Waals surface area contributed by atoms with E-state index >= 15 is 0 Å². The lowest BCUT2D eigenvalue weighted by atomic mass is 10.1. The number of nitrogens with zero attached hydrogens (tertiary/aromatic N) is 2. The SMILES string of the molecule is CCN(C(N)=NC(=O)OC(C)(C)C)c1ccc(CCNC(=O)OC(C)(C)C)cc1. The van der Waals surface area contributed by atoms with Gasteiger partial charge in [-0.1, -0.05) is 12.1 Å². The fraction of sp³-hybridized carbons (Fsp3) is 0.571. The second-order valence-electron chi connectivity index (χ2n) is 8.54. The average Bonchev–Trinajstić information content (AvgIpc) is 2.53. The molecule has 8 nitrogen and oxygen atoms in total. The summed E-state index contributed by atoms with van der Waals surface area (Å²) in [5, 5.41) is 2.73. The molecule has 0 bridgehead atoms. The molecular weight excluding hydrogens is 372 g/mol. The molecule has 1 aromatic rings. The van der Waals surface area contributed by atoms with E-state index in [1.54, 1.807) is 25.7 Å². The Bertz CT molecular complexity index is 716. The molecule has 1 aromatic carbocycles.